The van der Waals surface area contributed by atoms with E-state index >= 15 is 0 Å². The van der Waals surface area contributed by atoms with E-state index in [-0.39, 0.29) is 11.5 Å². The van der Waals surface area contributed by atoms with Crippen molar-refractivity contribution >= 4 is 23.4 Å². The van der Waals surface area contributed by atoms with Gasteiger partial charge >= 0.3 is 6.18 Å². The number of benzene rings is 1. The number of alkyl halides is 4. The Bertz CT molecular complexity index is 577. The number of ether oxygens (including phenoxy) is 2. The number of thioether (sulfide) groups is 1. The molecule has 2 nitrogen and oxygen atoms in total. The van der Waals surface area contributed by atoms with Gasteiger partial charge in [0, 0.05) is 10.6 Å². The first-order chi connectivity index (χ1) is 10.8. The first kappa shape index (κ1) is 18.6. The molecular formula is C16H20ClF3O2S. The zero-order valence-corrected chi connectivity index (χ0v) is 14.9. The predicted molar refractivity (Wildman–Crippen MR) is 88.0 cm³/mol. The van der Waals surface area contributed by atoms with Gasteiger partial charge in [-0.3, -0.25) is 0 Å². The molecule has 1 unspecified atom stereocenters. The zero-order valence-electron chi connectivity index (χ0n) is 13.3. The van der Waals surface area contributed by atoms with Gasteiger partial charge in [0.05, 0.1) is 14.2 Å². The van der Waals surface area contributed by atoms with E-state index in [2.05, 4.69) is 0 Å². The Hall–Kier alpha value is -0.750. The van der Waals surface area contributed by atoms with Gasteiger partial charge in [-0.2, -0.15) is 24.9 Å². The van der Waals surface area contributed by atoms with E-state index < -0.39 is 16.5 Å². The van der Waals surface area contributed by atoms with Crippen LogP contribution in [-0.2, 0) is 17.3 Å². The van der Waals surface area contributed by atoms with Crippen LogP contribution in [0.4, 0.5) is 13.2 Å². The highest BCUT2D eigenvalue weighted by Crippen LogP contribution is 2.55. The molecule has 7 heteroatoms. The van der Waals surface area contributed by atoms with Crippen LogP contribution in [-0.4, -0.2) is 25.9 Å². The summed E-state index contributed by atoms with van der Waals surface area (Å²) >= 11 is 7.33. The van der Waals surface area contributed by atoms with Crippen LogP contribution in [0.15, 0.2) is 6.07 Å². The molecule has 130 valence electrons. The number of hydrogen-bond donors (Lipinski definition) is 0. The van der Waals surface area contributed by atoms with E-state index in [9.17, 15) is 13.2 Å². The van der Waals surface area contributed by atoms with Crippen molar-refractivity contribution < 1.29 is 22.6 Å². The molecule has 1 atom stereocenters. The van der Waals surface area contributed by atoms with Crippen molar-refractivity contribution in [1.29, 1.82) is 0 Å². The number of aryl methyl sites for hydroxylation is 1. The van der Waals surface area contributed by atoms with E-state index in [1.807, 2.05) is 6.92 Å². The van der Waals surface area contributed by atoms with Crippen LogP contribution in [0.25, 0.3) is 0 Å². The Morgan fingerprint density at radius 2 is 2.00 bits per heavy atom. The highest BCUT2D eigenvalue weighted by molar-refractivity contribution is 8.00. The van der Waals surface area contributed by atoms with Crippen molar-refractivity contribution in [3.63, 3.8) is 0 Å². The number of halogens is 4. The fourth-order valence-corrected chi connectivity index (χ4v) is 4.75. The third-order valence-corrected chi connectivity index (χ3v) is 5.86. The van der Waals surface area contributed by atoms with Gasteiger partial charge in [-0.05, 0) is 49.1 Å². The van der Waals surface area contributed by atoms with Gasteiger partial charge in [0.25, 0.3) is 0 Å². The van der Waals surface area contributed by atoms with Crippen molar-refractivity contribution in [3.8, 4) is 11.5 Å². The van der Waals surface area contributed by atoms with Gasteiger partial charge in [-0.15, -0.1) is 11.6 Å². The lowest BCUT2D eigenvalue weighted by Crippen LogP contribution is -2.30. The second-order valence-electron chi connectivity index (χ2n) is 5.64. The highest BCUT2D eigenvalue weighted by atomic mass is 35.5. The smallest absolute Gasteiger partial charge is 0.420 e. The zero-order chi connectivity index (χ0) is 17.3. The van der Waals surface area contributed by atoms with Gasteiger partial charge in [0.1, 0.15) is 5.56 Å². The van der Waals surface area contributed by atoms with Crippen molar-refractivity contribution in [2.24, 2.45) is 0 Å². The molecule has 0 amide bonds. The third kappa shape index (κ3) is 3.53. The fourth-order valence-electron chi connectivity index (χ4n) is 3.18. The molecule has 1 aliphatic heterocycles. The second kappa shape index (κ2) is 7.01. The molecule has 0 saturated carbocycles. The molecule has 1 aromatic rings. The van der Waals surface area contributed by atoms with Gasteiger partial charge in [-0.25, -0.2) is 0 Å². The predicted octanol–water partition coefficient (Wildman–Crippen LogP) is 5.25. The summed E-state index contributed by atoms with van der Waals surface area (Å²) in [5.74, 6) is 1.10. The van der Waals surface area contributed by atoms with Crippen LogP contribution in [0.3, 0.4) is 0 Å². The summed E-state index contributed by atoms with van der Waals surface area (Å²) in [5.41, 5.74) is 0.299. The van der Waals surface area contributed by atoms with Crippen molar-refractivity contribution in [1.82, 2.24) is 0 Å². The molecule has 0 radical (unpaired) electrons. The Balaban J connectivity index is 2.75. The minimum atomic E-state index is -4.51. The second-order valence-corrected chi connectivity index (χ2v) is 7.62. The van der Waals surface area contributed by atoms with Gasteiger partial charge in [-0.1, -0.05) is 0 Å². The van der Waals surface area contributed by atoms with Crippen LogP contribution in [0.5, 0.6) is 11.5 Å². The number of methoxy groups -OCH3 is 2. The normalized spacial score (nSPS) is 21.0. The number of rotatable bonds is 5. The van der Waals surface area contributed by atoms with E-state index in [0.717, 1.165) is 5.75 Å². The largest absolute Gasteiger partial charge is 0.493 e. The van der Waals surface area contributed by atoms with Crippen molar-refractivity contribution in [2.75, 3.05) is 25.9 Å². The Morgan fingerprint density at radius 1 is 1.30 bits per heavy atom. The maximum absolute atomic E-state index is 13.8. The molecule has 1 aliphatic rings. The molecular weight excluding hydrogens is 349 g/mol. The Labute approximate surface area is 143 Å². The summed E-state index contributed by atoms with van der Waals surface area (Å²) in [6.45, 7) is 1.86. The van der Waals surface area contributed by atoms with E-state index in [1.54, 1.807) is 17.8 Å². The summed E-state index contributed by atoms with van der Waals surface area (Å²) in [7, 11) is 2.60. The standard InChI is InChI=1S/C16H20ClF3O2S/c1-15(6-4-7-17)12-10(5-8-23-15)9-11(21-2)14(22-3)13(12)16(18,19)20/h9H,4-8H2,1-3H3. The van der Waals surface area contributed by atoms with Crippen LogP contribution >= 0.6 is 23.4 Å². The lowest BCUT2D eigenvalue weighted by molar-refractivity contribution is -0.139. The number of hydrogen-bond acceptors (Lipinski definition) is 3. The lowest BCUT2D eigenvalue weighted by Gasteiger charge is -2.38. The molecule has 23 heavy (non-hydrogen) atoms. The molecule has 0 N–H and O–H groups in total. The summed E-state index contributed by atoms with van der Waals surface area (Å²) in [5, 5.41) is 0. The SMILES string of the molecule is COc1cc2c(c(C(F)(F)F)c1OC)C(C)(CCCCl)SCC2. The molecule has 0 fully saturated rings. The maximum atomic E-state index is 13.8. The Kier molecular flexibility index (Phi) is 5.67. The highest BCUT2D eigenvalue weighted by Gasteiger charge is 2.46. The summed E-state index contributed by atoms with van der Waals surface area (Å²) in [6.07, 6.45) is -2.67. The molecule has 0 spiro atoms. The van der Waals surface area contributed by atoms with E-state index in [0.29, 0.717) is 36.3 Å². The molecule has 0 bridgehead atoms. The molecule has 0 saturated heterocycles. The lowest BCUT2D eigenvalue weighted by atomic mass is 9.84. The minimum absolute atomic E-state index is 0.130. The first-order valence-electron chi connectivity index (χ1n) is 7.34. The average molecular weight is 369 g/mol. The first-order valence-corrected chi connectivity index (χ1v) is 8.86. The fraction of sp³-hybridized carbons (Fsp3) is 0.625. The van der Waals surface area contributed by atoms with Crippen molar-refractivity contribution in [2.45, 2.75) is 37.1 Å². The molecule has 0 aromatic heterocycles. The maximum Gasteiger partial charge on any atom is 0.420 e. The van der Waals surface area contributed by atoms with Gasteiger partial charge in [0.2, 0.25) is 0 Å². The summed E-state index contributed by atoms with van der Waals surface area (Å²) < 4.78 is 51.1. The minimum Gasteiger partial charge on any atom is -0.493 e. The molecule has 1 heterocycles. The monoisotopic (exact) mass is 368 g/mol. The van der Waals surface area contributed by atoms with Crippen LogP contribution in [0.2, 0.25) is 0 Å². The Morgan fingerprint density at radius 3 is 2.52 bits per heavy atom. The van der Waals surface area contributed by atoms with Crippen LogP contribution in [0, 0.1) is 0 Å². The summed E-state index contributed by atoms with van der Waals surface area (Å²) in [4.78, 5) is 0. The molecule has 2 rings (SSSR count). The molecule has 0 aliphatic carbocycles. The quantitative estimate of drug-likeness (QED) is 0.661. The van der Waals surface area contributed by atoms with Crippen LogP contribution < -0.4 is 9.47 Å². The molecule has 1 aromatic carbocycles. The van der Waals surface area contributed by atoms with Gasteiger partial charge in [0.15, 0.2) is 11.5 Å². The average Bonchev–Trinajstić information content (AvgIpc) is 2.50. The summed E-state index contributed by atoms with van der Waals surface area (Å²) in [6, 6.07) is 1.68. The van der Waals surface area contributed by atoms with Gasteiger partial charge < -0.3 is 9.47 Å². The van der Waals surface area contributed by atoms with Crippen molar-refractivity contribution in [3.05, 3.63) is 22.8 Å². The van der Waals surface area contributed by atoms with Crippen LogP contribution in [0.1, 0.15) is 36.5 Å². The third-order valence-electron chi connectivity index (χ3n) is 4.14. The topological polar surface area (TPSA) is 18.5 Å². The van der Waals surface area contributed by atoms with E-state index in [1.165, 1.54) is 14.2 Å². The van der Waals surface area contributed by atoms with E-state index in [4.69, 9.17) is 21.1 Å². The number of fused-ring (bicyclic) bond motifs is 1.